The molecule has 0 aliphatic carbocycles. The molecule has 0 atom stereocenters. The normalized spacial score (nSPS) is 9.42. The molecule has 1 aromatic carbocycles. The first kappa shape index (κ1) is 8.81. The zero-order chi connectivity index (χ0) is 9.14. The van der Waals surface area contributed by atoms with E-state index in [0.29, 0.717) is 16.3 Å². The highest BCUT2D eigenvalue weighted by molar-refractivity contribution is 6.33. The van der Waals surface area contributed by atoms with E-state index in [4.69, 9.17) is 17.3 Å². The van der Waals surface area contributed by atoms with E-state index in [0.717, 1.165) is 0 Å². The first-order valence-corrected chi connectivity index (χ1v) is 3.74. The Kier molecular flexibility index (Phi) is 2.51. The molecule has 0 amide bonds. The molecule has 0 fully saturated rings. The van der Waals surface area contributed by atoms with E-state index in [1.54, 1.807) is 12.1 Å². The lowest BCUT2D eigenvalue weighted by molar-refractivity contribution is 0.104. The van der Waals surface area contributed by atoms with Crippen molar-refractivity contribution in [2.45, 2.75) is 0 Å². The van der Waals surface area contributed by atoms with Crippen LogP contribution in [0.25, 0.3) is 0 Å². The van der Waals surface area contributed by atoms with Crippen LogP contribution in [0.1, 0.15) is 10.4 Å². The Morgan fingerprint density at radius 1 is 1.58 bits per heavy atom. The lowest BCUT2D eigenvalue weighted by Gasteiger charge is -1.99. The molecular weight excluding hydrogens is 174 g/mol. The second-order valence-corrected chi connectivity index (χ2v) is 2.71. The van der Waals surface area contributed by atoms with Crippen molar-refractivity contribution < 1.29 is 4.79 Å². The Labute approximate surface area is 75.6 Å². The smallest absolute Gasteiger partial charge is 0.185 e. The number of hydrogen-bond donors (Lipinski definition) is 1. The number of benzene rings is 1. The van der Waals surface area contributed by atoms with Crippen molar-refractivity contribution in [3.8, 4) is 0 Å². The summed E-state index contributed by atoms with van der Waals surface area (Å²) >= 11 is 5.70. The van der Waals surface area contributed by atoms with Crippen molar-refractivity contribution in [2.75, 3.05) is 5.73 Å². The summed E-state index contributed by atoms with van der Waals surface area (Å²) < 4.78 is 0. The van der Waals surface area contributed by atoms with Gasteiger partial charge in [-0.15, -0.1) is 0 Å². The number of halogens is 1. The number of rotatable bonds is 2. The van der Waals surface area contributed by atoms with E-state index in [1.165, 1.54) is 12.1 Å². The fourth-order valence-electron chi connectivity index (χ4n) is 0.798. The van der Waals surface area contributed by atoms with Gasteiger partial charge in [0.25, 0.3) is 0 Å². The molecule has 3 heteroatoms. The van der Waals surface area contributed by atoms with Crippen molar-refractivity contribution >= 4 is 23.1 Å². The van der Waals surface area contributed by atoms with Gasteiger partial charge in [0.05, 0.1) is 10.7 Å². The molecule has 0 saturated carbocycles. The lowest BCUT2D eigenvalue weighted by atomic mass is 10.1. The SMILES string of the molecule is C=CC(=O)c1ccc(N)c(Cl)c1. The summed E-state index contributed by atoms with van der Waals surface area (Å²) in [5.41, 5.74) is 6.43. The maximum absolute atomic E-state index is 11.1. The Morgan fingerprint density at radius 2 is 2.25 bits per heavy atom. The number of ketones is 1. The van der Waals surface area contributed by atoms with Crippen LogP contribution in [0.5, 0.6) is 0 Å². The van der Waals surface area contributed by atoms with E-state index < -0.39 is 0 Å². The number of carbonyl (C=O) groups is 1. The summed E-state index contributed by atoms with van der Waals surface area (Å²) in [6, 6.07) is 4.74. The largest absolute Gasteiger partial charge is 0.398 e. The third-order valence-electron chi connectivity index (χ3n) is 1.47. The molecule has 0 heterocycles. The monoisotopic (exact) mass is 181 g/mol. The van der Waals surface area contributed by atoms with Crippen LogP contribution in [-0.4, -0.2) is 5.78 Å². The van der Waals surface area contributed by atoms with Crippen molar-refractivity contribution in [1.29, 1.82) is 0 Å². The molecular formula is C9H8ClNO. The molecule has 0 saturated heterocycles. The minimum Gasteiger partial charge on any atom is -0.398 e. The molecule has 1 rings (SSSR count). The third-order valence-corrected chi connectivity index (χ3v) is 1.80. The molecule has 0 radical (unpaired) electrons. The maximum Gasteiger partial charge on any atom is 0.185 e. The number of anilines is 1. The van der Waals surface area contributed by atoms with Crippen LogP contribution in [0.3, 0.4) is 0 Å². The van der Waals surface area contributed by atoms with Gasteiger partial charge < -0.3 is 5.73 Å². The molecule has 0 spiro atoms. The molecule has 12 heavy (non-hydrogen) atoms. The topological polar surface area (TPSA) is 43.1 Å². The number of allylic oxidation sites excluding steroid dienone is 1. The molecule has 62 valence electrons. The van der Waals surface area contributed by atoms with Gasteiger partial charge in [-0.1, -0.05) is 18.2 Å². The molecule has 2 nitrogen and oxygen atoms in total. The van der Waals surface area contributed by atoms with Crippen molar-refractivity contribution in [3.63, 3.8) is 0 Å². The third kappa shape index (κ3) is 1.66. The zero-order valence-electron chi connectivity index (χ0n) is 6.38. The van der Waals surface area contributed by atoms with Crippen LogP contribution < -0.4 is 5.73 Å². The molecule has 2 N–H and O–H groups in total. The Bertz CT molecular complexity index is 333. The van der Waals surface area contributed by atoms with Gasteiger partial charge in [-0.2, -0.15) is 0 Å². The van der Waals surface area contributed by atoms with Gasteiger partial charge in [-0.25, -0.2) is 0 Å². The average molecular weight is 182 g/mol. The van der Waals surface area contributed by atoms with E-state index in [1.807, 2.05) is 0 Å². The van der Waals surface area contributed by atoms with E-state index in [2.05, 4.69) is 6.58 Å². The van der Waals surface area contributed by atoms with Crippen LogP contribution in [0, 0.1) is 0 Å². The first-order chi connectivity index (χ1) is 5.65. The molecule has 0 aliphatic rings. The summed E-state index contributed by atoms with van der Waals surface area (Å²) in [5.74, 6) is -0.156. The number of nitrogens with two attached hydrogens (primary N) is 1. The zero-order valence-corrected chi connectivity index (χ0v) is 7.14. The van der Waals surface area contributed by atoms with Gasteiger partial charge >= 0.3 is 0 Å². The predicted molar refractivity (Wildman–Crippen MR) is 50.4 cm³/mol. The highest BCUT2D eigenvalue weighted by atomic mass is 35.5. The molecule has 0 unspecified atom stereocenters. The van der Waals surface area contributed by atoms with Crippen LogP contribution in [0.15, 0.2) is 30.9 Å². The molecule has 0 aliphatic heterocycles. The lowest BCUT2D eigenvalue weighted by Crippen LogP contribution is -1.95. The van der Waals surface area contributed by atoms with Crippen molar-refractivity contribution in [3.05, 3.63) is 41.4 Å². The Hall–Kier alpha value is -1.28. The van der Waals surface area contributed by atoms with Crippen LogP contribution in [-0.2, 0) is 0 Å². The van der Waals surface area contributed by atoms with Gasteiger partial charge in [-0.05, 0) is 24.3 Å². The number of carbonyl (C=O) groups excluding carboxylic acids is 1. The molecule has 0 bridgehead atoms. The van der Waals surface area contributed by atoms with Crippen LogP contribution in [0.4, 0.5) is 5.69 Å². The standard InChI is InChI=1S/C9H8ClNO/c1-2-9(12)6-3-4-8(11)7(10)5-6/h2-5H,1,11H2. The fraction of sp³-hybridized carbons (Fsp3) is 0. The predicted octanol–water partition coefficient (Wildman–Crippen LogP) is 2.29. The number of nitrogen functional groups attached to an aromatic ring is 1. The average Bonchev–Trinajstić information content (AvgIpc) is 2.08. The summed E-state index contributed by atoms with van der Waals surface area (Å²) in [6.07, 6.45) is 1.24. The summed E-state index contributed by atoms with van der Waals surface area (Å²) in [6.45, 7) is 3.37. The molecule has 1 aromatic rings. The second-order valence-electron chi connectivity index (χ2n) is 2.30. The quantitative estimate of drug-likeness (QED) is 0.432. The van der Waals surface area contributed by atoms with E-state index in [-0.39, 0.29) is 5.78 Å². The van der Waals surface area contributed by atoms with Gasteiger partial charge in [0.15, 0.2) is 5.78 Å². The Balaban J connectivity index is 3.13. The first-order valence-electron chi connectivity index (χ1n) is 3.37. The van der Waals surface area contributed by atoms with Gasteiger partial charge in [0.1, 0.15) is 0 Å². The van der Waals surface area contributed by atoms with Crippen LogP contribution >= 0.6 is 11.6 Å². The van der Waals surface area contributed by atoms with Crippen molar-refractivity contribution in [2.24, 2.45) is 0 Å². The number of hydrogen-bond acceptors (Lipinski definition) is 2. The summed E-state index contributed by atoms with van der Waals surface area (Å²) in [7, 11) is 0. The summed E-state index contributed by atoms with van der Waals surface area (Å²) in [4.78, 5) is 11.1. The highest BCUT2D eigenvalue weighted by Crippen LogP contribution is 2.19. The minimum atomic E-state index is -0.156. The van der Waals surface area contributed by atoms with Gasteiger partial charge in [0.2, 0.25) is 0 Å². The van der Waals surface area contributed by atoms with E-state index >= 15 is 0 Å². The maximum atomic E-state index is 11.1. The second kappa shape index (κ2) is 3.41. The fourth-order valence-corrected chi connectivity index (χ4v) is 0.979. The van der Waals surface area contributed by atoms with Crippen LogP contribution in [0.2, 0.25) is 5.02 Å². The van der Waals surface area contributed by atoms with Gasteiger partial charge in [-0.3, -0.25) is 4.79 Å². The molecule has 0 aromatic heterocycles. The van der Waals surface area contributed by atoms with Crippen molar-refractivity contribution in [1.82, 2.24) is 0 Å². The highest BCUT2D eigenvalue weighted by Gasteiger charge is 2.02. The van der Waals surface area contributed by atoms with E-state index in [9.17, 15) is 4.79 Å². The summed E-state index contributed by atoms with van der Waals surface area (Å²) in [5, 5.41) is 0.391. The Morgan fingerprint density at radius 3 is 2.75 bits per heavy atom. The minimum absolute atomic E-state index is 0.156. The van der Waals surface area contributed by atoms with Gasteiger partial charge in [0, 0.05) is 5.56 Å².